The molecular weight excluding hydrogens is 320 g/mol. The lowest BCUT2D eigenvalue weighted by atomic mass is 10.1. The van der Waals surface area contributed by atoms with Gasteiger partial charge in [-0.15, -0.1) is 0 Å². The fraction of sp³-hybridized carbons (Fsp3) is 0.263. The molecule has 2 aromatic carbocycles. The molecule has 0 heterocycles. The SMILES string of the molecule is COc1ccc(CC(=O)NCc2cc(NC(C)=O)ccc2OC)cc1. The molecule has 0 aromatic heterocycles. The molecule has 0 fully saturated rings. The van der Waals surface area contributed by atoms with Gasteiger partial charge in [0.1, 0.15) is 11.5 Å². The quantitative estimate of drug-likeness (QED) is 0.811. The number of hydrogen-bond acceptors (Lipinski definition) is 4. The van der Waals surface area contributed by atoms with E-state index in [9.17, 15) is 9.59 Å². The lowest BCUT2D eigenvalue weighted by Crippen LogP contribution is -2.24. The van der Waals surface area contributed by atoms with Crippen LogP contribution in [0.5, 0.6) is 11.5 Å². The minimum atomic E-state index is -0.153. The summed E-state index contributed by atoms with van der Waals surface area (Å²) < 4.78 is 10.4. The number of carbonyl (C=O) groups is 2. The maximum atomic E-state index is 12.1. The van der Waals surface area contributed by atoms with Crippen LogP contribution >= 0.6 is 0 Å². The zero-order valence-electron chi connectivity index (χ0n) is 14.6. The predicted octanol–water partition coefficient (Wildman–Crippen LogP) is 2.52. The first-order valence-electron chi connectivity index (χ1n) is 7.86. The summed E-state index contributed by atoms with van der Waals surface area (Å²) >= 11 is 0. The van der Waals surface area contributed by atoms with Gasteiger partial charge < -0.3 is 20.1 Å². The Labute approximate surface area is 147 Å². The standard InChI is InChI=1S/C19H22N2O4/c1-13(22)21-16-6-9-18(25-3)15(11-16)12-20-19(23)10-14-4-7-17(24-2)8-5-14/h4-9,11H,10,12H2,1-3H3,(H,20,23)(H,21,22). The second-order valence-electron chi connectivity index (χ2n) is 5.51. The van der Waals surface area contributed by atoms with Gasteiger partial charge in [0.25, 0.3) is 0 Å². The fourth-order valence-corrected chi connectivity index (χ4v) is 2.38. The van der Waals surface area contributed by atoms with Crippen LogP contribution in [-0.4, -0.2) is 26.0 Å². The molecule has 0 aliphatic rings. The summed E-state index contributed by atoms with van der Waals surface area (Å²) in [5, 5.41) is 5.58. The number of rotatable bonds is 7. The summed E-state index contributed by atoms with van der Waals surface area (Å²) in [5.41, 5.74) is 2.35. The number of methoxy groups -OCH3 is 2. The molecule has 0 spiro atoms. The van der Waals surface area contributed by atoms with E-state index in [2.05, 4.69) is 10.6 Å². The number of amides is 2. The Hall–Kier alpha value is -3.02. The van der Waals surface area contributed by atoms with Crippen molar-refractivity contribution in [2.45, 2.75) is 19.9 Å². The molecule has 0 bridgehead atoms. The number of hydrogen-bond donors (Lipinski definition) is 2. The Morgan fingerprint density at radius 3 is 2.32 bits per heavy atom. The van der Waals surface area contributed by atoms with E-state index in [-0.39, 0.29) is 18.2 Å². The van der Waals surface area contributed by atoms with E-state index in [4.69, 9.17) is 9.47 Å². The van der Waals surface area contributed by atoms with Crippen LogP contribution in [0.15, 0.2) is 42.5 Å². The minimum absolute atomic E-state index is 0.0999. The average molecular weight is 342 g/mol. The van der Waals surface area contributed by atoms with Gasteiger partial charge in [0.15, 0.2) is 0 Å². The molecule has 2 rings (SSSR count). The molecule has 6 nitrogen and oxygen atoms in total. The molecule has 0 saturated carbocycles. The monoisotopic (exact) mass is 342 g/mol. The molecule has 25 heavy (non-hydrogen) atoms. The highest BCUT2D eigenvalue weighted by Gasteiger charge is 2.08. The molecule has 6 heteroatoms. The van der Waals surface area contributed by atoms with Crippen molar-refractivity contribution < 1.29 is 19.1 Å². The first-order valence-corrected chi connectivity index (χ1v) is 7.86. The topological polar surface area (TPSA) is 76.7 Å². The zero-order chi connectivity index (χ0) is 18.2. The number of carbonyl (C=O) groups excluding carboxylic acids is 2. The molecule has 2 aromatic rings. The lowest BCUT2D eigenvalue weighted by molar-refractivity contribution is -0.120. The molecule has 2 N–H and O–H groups in total. The lowest BCUT2D eigenvalue weighted by Gasteiger charge is -2.12. The van der Waals surface area contributed by atoms with Crippen molar-refractivity contribution in [2.24, 2.45) is 0 Å². The Morgan fingerprint density at radius 2 is 1.72 bits per heavy atom. The van der Waals surface area contributed by atoms with E-state index in [0.717, 1.165) is 16.9 Å². The molecule has 132 valence electrons. The summed E-state index contributed by atoms with van der Waals surface area (Å²) in [7, 11) is 3.17. The summed E-state index contributed by atoms with van der Waals surface area (Å²) in [6.07, 6.45) is 0.275. The molecule has 0 unspecified atom stereocenters. The van der Waals surface area contributed by atoms with Gasteiger partial charge in [-0.1, -0.05) is 12.1 Å². The summed E-state index contributed by atoms with van der Waals surface area (Å²) in [6, 6.07) is 12.7. The zero-order valence-corrected chi connectivity index (χ0v) is 14.6. The molecule has 0 aliphatic heterocycles. The van der Waals surface area contributed by atoms with Crippen molar-refractivity contribution in [2.75, 3.05) is 19.5 Å². The molecule has 2 amide bonds. The van der Waals surface area contributed by atoms with E-state index < -0.39 is 0 Å². The van der Waals surface area contributed by atoms with Crippen LogP contribution in [0.4, 0.5) is 5.69 Å². The normalized spacial score (nSPS) is 10.0. The Bertz CT molecular complexity index is 742. The van der Waals surface area contributed by atoms with Crippen LogP contribution < -0.4 is 20.1 Å². The van der Waals surface area contributed by atoms with Gasteiger partial charge in [0, 0.05) is 24.7 Å². The first-order chi connectivity index (χ1) is 12.0. The van der Waals surface area contributed by atoms with Crippen LogP contribution in [0.2, 0.25) is 0 Å². The van der Waals surface area contributed by atoms with Gasteiger partial charge in [-0.25, -0.2) is 0 Å². The summed E-state index contributed by atoms with van der Waals surface area (Å²) in [6.45, 7) is 1.76. The predicted molar refractivity (Wildman–Crippen MR) is 95.8 cm³/mol. The van der Waals surface area contributed by atoms with Crippen molar-refractivity contribution in [1.82, 2.24) is 5.32 Å². The van der Waals surface area contributed by atoms with Crippen molar-refractivity contribution in [1.29, 1.82) is 0 Å². The third-order valence-corrected chi connectivity index (χ3v) is 3.60. The maximum Gasteiger partial charge on any atom is 0.224 e. The van der Waals surface area contributed by atoms with Crippen molar-refractivity contribution in [3.63, 3.8) is 0 Å². The summed E-state index contributed by atoms with van der Waals surface area (Å²) in [4.78, 5) is 23.3. The van der Waals surface area contributed by atoms with E-state index in [1.54, 1.807) is 32.4 Å². The van der Waals surface area contributed by atoms with Crippen LogP contribution in [0.25, 0.3) is 0 Å². The highest BCUT2D eigenvalue weighted by Crippen LogP contribution is 2.22. The smallest absolute Gasteiger partial charge is 0.224 e. The van der Waals surface area contributed by atoms with Crippen LogP contribution in [0.3, 0.4) is 0 Å². The number of anilines is 1. The molecule has 0 radical (unpaired) electrons. The van der Waals surface area contributed by atoms with E-state index >= 15 is 0 Å². The number of ether oxygens (including phenoxy) is 2. The van der Waals surface area contributed by atoms with Gasteiger partial charge in [0.2, 0.25) is 11.8 Å². The van der Waals surface area contributed by atoms with Crippen molar-refractivity contribution in [3.05, 3.63) is 53.6 Å². The number of benzene rings is 2. The van der Waals surface area contributed by atoms with Gasteiger partial charge in [-0.05, 0) is 35.9 Å². The van der Waals surface area contributed by atoms with Crippen molar-refractivity contribution in [3.8, 4) is 11.5 Å². The third kappa shape index (κ3) is 5.53. The summed E-state index contributed by atoms with van der Waals surface area (Å²) in [5.74, 6) is 1.15. The molecule has 0 aliphatic carbocycles. The van der Waals surface area contributed by atoms with E-state index in [0.29, 0.717) is 18.0 Å². The molecule has 0 atom stereocenters. The maximum absolute atomic E-state index is 12.1. The Balaban J connectivity index is 1.98. The Kier molecular flexibility index (Phi) is 6.39. The number of nitrogens with one attached hydrogen (secondary N) is 2. The first kappa shape index (κ1) is 18.3. The largest absolute Gasteiger partial charge is 0.497 e. The average Bonchev–Trinajstić information content (AvgIpc) is 2.60. The van der Waals surface area contributed by atoms with Crippen LogP contribution in [-0.2, 0) is 22.6 Å². The molecule has 0 saturated heterocycles. The van der Waals surface area contributed by atoms with Crippen LogP contribution in [0, 0.1) is 0 Å². The second-order valence-corrected chi connectivity index (χ2v) is 5.51. The van der Waals surface area contributed by atoms with Gasteiger partial charge >= 0.3 is 0 Å². The van der Waals surface area contributed by atoms with Crippen molar-refractivity contribution >= 4 is 17.5 Å². The van der Waals surface area contributed by atoms with Gasteiger partial charge in [-0.3, -0.25) is 9.59 Å². The Morgan fingerprint density at radius 1 is 1.00 bits per heavy atom. The minimum Gasteiger partial charge on any atom is -0.497 e. The fourth-order valence-electron chi connectivity index (χ4n) is 2.38. The van der Waals surface area contributed by atoms with E-state index in [1.165, 1.54) is 6.92 Å². The molecular formula is C19H22N2O4. The second kappa shape index (κ2) is 8.73. The highest BCUT2D eigenvalue weighted by molar-refractivity contribution is 5.88. The van der Waals surface area contributed by atoms with Crippen LogP contribution in [0.1, 0.15) is 18.1 Å². The highest BCUT2D eigenvalue weighted by atomic mass is 16.5. The van der Waals surface area contributed by atoms with Gasteiger partial charge in [0.05, 0.1) is 20.6 Å². The third-order valence-electron chi connectivity index (χ3n) is 3.60. The van der Waals surface area contributed by atoms with E-state index in [1.807, 2.05) is 24.3 Å². The van der Waals surface area contributed by atoms with Gasteiger partial charge in [-0.2, -0.15) is 0 Å².